The molecule has 2 atom stereocenters. The average Bonchev–Trinajstić information content (AvgIpc) is 3.47. The predicted molar refractivity (Wildman–Crippen MR) is 114 cm³/mol. The molecule has 0 saturated carbocycles. The van der Waals surface area contributed by atoms with E-state index in [1.165, 1.54) is 4.90 Å². The van der Waals surface area contributed by atoms with Gasteiger partial charge in [-0.1, -0.05) is 18.2 Å². The molecule has 1 N–H and O–H groups in total. The van der Waals surface area contributed by atoms with Gasteiger partial charge in [0.05, 0.1) is 18.8 Å². The van der Waals surface area contributed by atoms with Gasteiger partial charge in [0, 0.05) is 19.2 Å². The molecule has 31 heavy (non-hydrogen) atoms. The molecule has 1 aliphatic heterocycles. The second-order valence-corrected chi connectivity index (χ2v) is 7.73. The Kier molecular flexibility index (Phi) is 5.79. The molecular weight excluding hydrogens is 396 g/mol. The van der Waals surface area contributed by atoms with Crippen molar-refractivity contribution in [1.82, 2.24) is 20.0 Å². The summed E-state index contributed by atoms with van der Waals surface area (Å²) in [6, 6.07) is 14.2. The van der Waals surface area contributed by atoms with Crippen molar-refractivity contribution in [2.45, 2.75) is 39.0 Å². The topological polar surface area (TPSA) is 89.6 Å². The van der Waals surface area contributed by atoms with Gasteiger partial charge in [0.2, 0.25) is 5.91 Å². The van der Waals surface area contributed by atoms with E-state index in [4.69, 9.17) is 9.15 Å². The molecule has 1 aromatic carbocycles. The summed E-state index contributed by atoms with van der Waals surface area (Å²) in [7, 11) is 1.57. The van der Waals surface area contributed by atoms with Crippen LogP contribution >= 0.6 is 0 Å². The van der Waals surface area contributed by atoms with Crippen LogP contribution in [0.3, 0.4) is 0 Å². The Morgan fingerprint density at radius 1 is 1.19 bits per heavy atom. The van der Waals surface area contributed by atoms with Crippen LogP contribution in [0, 0.1) is 13.8 Å². The first kappa shape index (κ1) is 20.7. The van der Waals surface area contributed by atoms with E-state index >= 15 is 0 Å². The van der Waals surface area contributed by atoms with Gasteiger partial charge in [-0.2, -0.15) is 5.10 Å². The van der Waals surface area contributed by atoms with Crippen molar-refractivity contribution in [1.29, 1.82) is 0 Å². The molecule has 0 unspecified atom stereocenters. The summed E-state index contributed by atoms with van der Waals surface area (Å²) in [6.07, 6.45) is 0.136. The first-order chi connectivity index (χ1) is 14.9. The molecule has 0 spiro atoms. The number of ether oxygens (including phenoxy) is 1. The monoisotopic (exact) mass is 422 g/mol. The number of likely N-dealkylation sites (tertiary alicyclic amines) is 1. The highest BCUT2D eigenvalue weighted by Gasteiger charge is 2.41. The number of carbonyl (C=O) groups is 2. The largest absolute Gasteiger partial charge is 0.488 e. The van der Waals surface area contributed by atoms with Gasteiger partial charge in [-0.15, -0.1) is 0 Å². The molecule has 2 amide bonds. The molecule has 0 radical (unpaired) electrons. The van der Waals surface area contributed by atoms with Crippen molar-refractivity contribution in [3.63, 3.8) is 0 Å². The number of hydrogen-bond acceptors (Lipinski definition) is 5. The van der Waals surface area contributed by atoms with Crippen molar-refractivity contribution < 1.29 is 18.7 Å². The van der Waals surface area contributed by atoms with Crippen LogP contribution in [0.25, 0.3) is 0 Å². The third-order valence-electron chi connectivity index (χ3n) is 5.40. The number of nitrogens with zero attached hydrogens (tertiary/aromatic N) is 3. The zero-order valence-corrected chi connectivity index (χ0v) is 17.9. The summed E-state index contributed by atoms with van der Waals surface area (Å²) in [5.41, 5.74) is 1.94. The molecule has 8 heteroatoms. The van der Waals surface area contributed by atoms with Crippen LogP contribution in [0.4, 0.5) is 0 Å². The van der Waals surface area contributed by atoms with Gasteiger partial charge in [-0.25, -0.2) is 0 Å². The van der Waals surface area contributed by atoms with Crippen LogP contribution in [0.5, 0.6) is 5.75 Å². The van der Waals surface area contributed by atoms with E-state index in [1.807, 2.05) is 54.9 Å². The molecule has 162 valence electrons. The Morgan fingerprint density at radius 3 is 2.65 bits per heavy atom. The number of rotatable bonds is 6. The van der Waals surface area contributed by atoms with Crippen molar-refractivity contribution in [2.75, 3.05) is 13.6 Å². The van der Waals surface area contributed by atoms with Crippen LogP contribution in [0.2, 0.25) is 0 Å². The molecule has 0 aliphatic carbocycles. The lowest BCUT2D eigenvalue weighted by atomic mass is 10.2. The number of para-hydroxylation sites is 1. The highest BCUT2D eigenvalue weighted by molar-refractivity contribution is 5.96. The normalized spacial score (nSPS) is 18.2. The summed E-state index contributed by atoms with van der Waals surface area (Å²) in [5, 5.41) is 7.07. The fourth-order valence-corrected chi connectivity index (χ4v) is 3.92. The molecule has 1 saturated heterocycles. The predicted octanol–water partition coefficient (Wildman–Crippen LogP) is 2.55. The number of furan rings is 1. The maximum Gasteiger partial charge on any atom is 0.290 e. The van der Waals surface area contributed by atoms with Crippen LogP contribution in [-0.2, 0) is 11.3 Å². The minimum absolute atomic E-state index is 0.200. The van der Waals surface area contributed by atoms with Gasteiger partial charge in [-0.05, 0) is 44.2 Å². The lowest BCUT2D eigenvalue weighted by molar-refractivity contribution is -0.124. The van der Waals surface area contributed by atoms with Gasteiger partial charge >= 0.3 is 0 Å². The van der Waals surface area contributed by atoms with E-state index in [-0.39, 0.29) is 23.7 Å². The summed E-state index contributed by atoms with van der Waals surface area (Å²) in [6.45, 7) is 4.64. The molecule has 1 fully saturated rings. The number of carbonyl (C=O) groups excluding carboxylic acids is 2. The fourth-order valence-electron chi connectivity index (χ4n) is 3.92. The second-order valence-electron chi connectivity index (χ2n) is 7.73. The van der Waals surface area contributed by atoms with Crippen LogP contribution in [0.1, 0.15) is 34.1 Å². The number of amides is 2. The number of aromatic nitrogens is 2. The SMILES string of the molecule is CNC(=O)[C@@H]1C[C@H](Oc2ccccc2)CN1C(=O)c1ccc(Cn2nc(C)cc2C)o1. The summed E-state index contributed by atoms with van der Waals surface area (Å²) >= 11 is 0. The smallest absolute Gasteiger partial charge is 0.290 e. The van der Waals surface area contributed by atoms with Crippen LogP contribution in [-0.4, -0.2) is 52.2 Å². The number of aryl methyl sites for hydroxylation is 2. The van der Waals surface area contributed by atoms with Gasteiger partial charge < -0.3 is 19.4 Å². The average molecular weight is 422 g/mol. The summed E-state index contributed by atoms with van der Waals surface area (Å²) < 4.78 is 13.6. The molecule has 3 aromatic rings. The maximum absolute atomic E-state index is 13.2. The fraction of sp³-hybridized carbons (Fsp3) is 0.348. The Labute approximate surface area is 180 Å². The standard InChI is InChI=1S/C23H26N4O4/c1-15-11-16(2)27(25-15)14-18-9-10-21(31-18)23(29)26-13-19(12-20(26)22(28)24-3)30-17-7-5-4-6-8-17/h4-11,19-20H,12-14H2,1-3H3,(H,24,28)/t19-,20-/m0/s1. The third kappa shape index (κ3) is 4.47. The van der Waals surface area contributed by atoms with Crippen LogP contribution < -0.4 is 10.1 Å². The van der Waals surface area contributed by atoms with E-state index in [0.717, 1.165) is 11.4 Å². The number of nitrogens with one attached hydrogen (secondary N) is 1. The number of hydrogen-bond donors (Lipinski definition) is 1. The van der Waals surface area contributed by atoms with E-state index in [0.29, 0.717) is 31.0 Å². The maximum atomic E-state index is 13.2. The van der Waals surface area contributed by atoms with Crippen molar-refractivity contribution in [3.8, 4) is 5.75 Å². The molecular formula is C23H26N4O4. The Balaban J connectivity index is 1.49. The zero-order valence-electron chi connectivity index (χ0n) is 17.9. The number of likely N-dealkylation sites (N-methyl/N-ethyl adjacent to an activating group) is 1. The zero-order chi connectivity index (χ0) is 22.0. The Morgan fingerprint density at radius 2 is 1.97 bits per heavy atom. The van der Waals surface area contributed by atoms with Gasteiger partial charge in [0.25, 0.3) is 5.91 Å². The van der Waals surface area contributed by atoms with E-state index in [1.54, 1.807) is 19.2 Å². The van der Waals surface area contributed by atoms with Crippen molar-refractivity contribution in [3.05, 3.63) is 71.4 Å². The van der Waals surface area contributed by atoms with Crippen molar-refractivity contribution >= 4 is 11.8 Å². The molecule has 0 bridgehead atoms. The van der Waals surface area contributed by atoms with Gasteiger partial charge in [0.15, 0.2) is 5.76 Å². The quantitative estimate of drug-likeness (QED) is 0.659. The van der Waals surface area contributed by atoms with Gasteiger partial charge in [-0.3, -0.25) is 14.3 Å². The lowest BCUT2D eigenvalue weighted by Gasteiger charge is -2.21. The molecule has 3 heterocycles. The third-order valence-corrected chi connectivity index (χ3v) is 5.40. The molecule has 4 rings (SSSR count). The minimum atomic E-state index is -0.615. The Hall–Kier alpha value is -3.55. The highest BCUT2D eigenvalue weighted by Crippen LogP contribution is 2.26. The minimum Gasteiger partial charge on any atom is -0.488 e. The van der Waals surface area contributed by atoms with E-state index in [9.17, 15) is 9.59 Å². The molecule has 1 aliphatic rings. The molecule has 8 nitrogen and oxygen atoms in total. The van der Waals surface area contributed by atoms with Gasteiger partial charge in [0.1, 0.15) is 23.7 Å². The summed E-state index contributed by atoms with van der Waals surface area (Å²) in [5.74, 6) is 0.991. The molecule has 2 aromatic heterocycles. The first-order valence-corrected chi connectivity index (χ1v) is 10.3. The summed E-state index contributed by atoms with van der Waals surface area (Å²) in [4.78, 5) is 27.2. The number of benzene rings is 1. The van der Waals surface area contributed by atoms with E-state index < -0.39 is 6.04 Å². The highest BCUT2D eigenvalue weighted by atomic mass is 16.5. The first-order valence-electron chi connectivity index (χ1n) is 10.3. The second kappa shape index (κ2) is 8.67. The lowest BCUT2D eigenvalue weighted by Crippen LogP contribution is -2.44. The van der Waals surface area contributed by atoms with Crippen LogP contribution in [0.15, 0.2) is 52.9 Å². The van der Waals surface area contributed by atoms with Crippen molar-refractivity contribution in [2.24, 2.45) is 0 Å². The Bertz CT molecular complexity index is 1070. The van der Waals surface area contributed by atoms with E-state index in [2.05, 4.69) is 10.4 Å².